The molecule has 146 valence electrons. The highest BCUT2D eigenvalue weighted by Gasteiger charge is 2.36. The molecule has 0 aromatic rings. The minimum atomic E-state index is 0. The summed E-state index contributed by atoms with van der Waals surface area (Å²) in [6, 6.07) is 0. The van der Waals surface area contributed by atoms with Gasteiger partial charge in [-0.2, -0.15) is 0 Å². The Morgan fingerprint density at radius 1 is 1.12 bits per heavy atom. The summed E-state index contributed by atoms with van der Waals surface area (Å²) in [6.07, 6.45) is 5.68. The Bertz CT molecular complexity index is 423. The molecule has 0 radical (unpaired) electrons. The molecule has 1 aliphatic carbocycles. The normalized spacial score (nSPS) is 28.4. The average molecular weight is 464 g/mol. The second kappa shape index (κ2) is 9.74. The highest BCUT2D eigenvalue weighted by Crippen LogP contribution is 2.36. The zero-order chi connectivity index (χ0) is 17.0. The van der Waals surface area contributed by atoms with E-state index >= 15 is 0 Å². The van der Waals surface area contributed by atoms with E-state index in [-0.39, 0.29) is 29.5 Å². The van der Waals surface area contributed by atoms with Crippen LogP contribution in [0.5, 0.6) is 0 Å². The molecule has 2 atom stereocenters. The van der Waals surface area contributed by atoms with Crippen LogP contribution >= 0.6 is 24.0 Å². The Morgan fingerprint density at radius 2 is 1.72 bits per heavy atom. The summed E-state index contributed by atoms with van der Waals surface area (Å²) in [5, 5.41) is 3.54. The van der Waals surface area contributed by atoms with Crippen molar-refractivity contribution < 1.29 is 4.74 Å². The average Bonchev–Trinajstić information content (AvgIpc) is 3.03. The van der Waals surface area contributed by atoms with Crippen LogP contribution in [-0.4, -0.2) is 73.8 Å². The van der Waals surface area contributed by atoms with E-state index in [0.29, 0.717) is 0 Å². The van der Waals surface area contributed by atoms with Gasteiger partial charge < -0.3 is 15.0 Å². The lowest BCUT2D eigenvalue weighted by atomic mass is 9.82. The van der Waals surface area contributed by atoms with Gasteiger partial charge in [-0.05, 0) is 45.4 Å². The Labute approximate surface area is 171 Å². The van der Waals surface area contributed by atoms with Crippen LogP contribution in [0, 0.1) is 11.8 Å². The summed E-state index contributed by atoms with van der Waals surface area (Å²) in [5.41, 5.74) is 0.0942. The number of nitrogens with one attached hydrogen (secondary N) is 1. The van der Waals surface area contributed by atoms with Crippen LogP contribution in [0.1, 0.15) is 46.5 Å². The molecule has 0 spiro atoms. The number of ether oxygens (including phenoxy) is 1. The second-order valence-corrected chi connectivity index (χ2v) is 8.29. The number of morpholine rings is 1. The van der Waals surface area contributed by atoms with Gasteiger partial charge in [-0.25, -0.2) is 0 Å². The van der Waals surface area contributed by atoms with Crippen LogP contribution in [0.25, 0.3) is 0 Å². The first kappa shape index (κ1) is 21.2. The maximum atomic E-state index is 5.50. The first-order valence-electron chi connectivity index (χ1n) is 9.96. The SMILES string of the molecule is CCNC(=NCC(C)(C)N1CCOCC1)N1CC2CCCCC2C1.I. The number of likely N-dealkylation sites (tertiary alicyclic amines) is 1. The molecule has 2 unspecified atom stereocenters. The third-order valence-corrected chi connectivity index (χ3v) is 6.09. The van der Waals surface area contributed by atoms with Gasteiger partial charge in [0, 0.05) is 38.3 Å². The molecular weight excluding hydrogens is 427 g/mol. The number of halogens is 1. The first-order valence-corrected chi connectivity index (χ1v) is 9.96. The van der Waals surface area contributed by atoms with Gasteiger partial charge in [0.2, 0.25) is 0 Å². The van der Waals surface area contributed by atoms with Crippen LogP contribution in [0.4, 0.5) is 0 Å². The third kappa shape index (κ3) is 5.45. The Morgan fingerprint density at radius 3 is 2.28 bits per heavy atom. The number of guanidine groups is 1. The van der Waals surface area contributed by atoms with Crippen molar-refractivity contribution in [3.05, 3.63) is 0 Å². The van der Waals surface area contributed by atoms with Crippen LogP contribution in [-0.2, 0) is 4.74 Å². The lowest BCUT2D eigenvalue weighted by molar-refractivity contribution is -0.00688. The molecule has 3 fully saturated rings. The number of nitrogens with zero attached hydrogens (tertiary/aromatic N) is 3. The molecular formula is C19H37IN4O. The molecule has 5 nitrogen and oxygen atoms in total. The van der Waals surface area contributed by atoms with E-state index in [2.05, 4.69) is 35.9 Å². The molecule has 2 saturated heterocycles. The van der Waals surface area contributed by atoms with E-state index in [1.807, 2.05) is 0 Å². The molecule has 3 rings (SSSR count). The number of hydrogen-bond donors (Lipinski definition) is 1. The highest BCUT2D eigenvalue weighted by atomic mass is 127. The number of rotatable bonds is 4. The zero-order valence-corrected chi connectivity index (χ0v) is 18.6. The minimum absolute atomic E-state index is 0. The van der Waals surface area contributed by atoms with Gasteiger partial charge in [-0.1, -0.05) is 12.8 Å². The fraction of sp³-hybridized carbons (Fsp3) is 0.947. The van der Waals surface area contributed by atoms with E-state index in [9.17, 15) is 0 Å². The van der Waals surface area contributed by atoms with E-state index in [1.54, 1.807) is 0 Å². The number of hydrogen-bond acceptors (Lipinski definition) is 3. The minimum Gasteiger partial charge on any atom is -0.379 e. The van der Waals surface area contributed by atoms with Crippen molar-refractivity contribution >= 4 is 29.9 Å². The van der Waals surface area contributed by atoms with Crippen molar-refractivity contribution in [1.82, 2.24) is 15.1 Å². The number of fused-ring (bicyclic) bond motifs is 1. The predicted octanol–water partition coefficient (Wildman–Crippen LogP) is 2.80. The zero-order valence-electron chi connectivity index (χ0n) is 16.3. The van der Waals surface area contributed by atoms with Gasteiger partial charge in [-0.3, -0.25) is 9.89 Å². The largest absolute Gasteiger partial charge is 0.379 e. The van der Waals surface area contributed by atoms with Gasteiger partial charge in [0.25, 0.3) is 0 Å². The van der Waals surface area contributed by atoms with Gasteiger partial charge in [0.15, 0.2) is 5.96 Å². The van der Waals surface area contributed by atoms with Crippen LogP contribution in [0.2, 0.25) is 0 Å². The van der Waals surface area contributed by atoms with Crippen molar-refractivity contribution in [2.24, 2.45) is 16.8 Å². The summed E-state index contributed by atoms with van der Waals surface area (Å²) in [6.45, 7) is 14.7. The van der Waals surface area contributed by atoms with Crippen molar-refractivity contribution in [3.8, 4) is 0 Å². The quantitative estimate of drug-likeness (QED) is 0.395. The Kier molecular flexibility index (Phi) is 8.27. The lowest BCUT2D eigenvalue weighted by Crippen LogP contribution is -2.52. The summed E-state index contributed by atoms with van der Waals surface area (Å²) in [7, 11) is 0. The van der Waals surface area contributed by atoms with E-state index in [4.69, 9.17) is 9.73 Å². The molecule has 0 aromatic carbocycles. The van der Waals surface area contributed by atoms with Crippen LogP contribution < -0.4 is 5.32 Å². The molecule has 1 saturated carbocycles. The van der Waals surface area contributed by atoms with E-state index in [1.165, 1.54) is 38.8 Å². The third-order valence-electron chi connectivity index (χ3n) is 6.09. The predicted molar refractivity (Wildman–Crippen MR) is 115 cm³/mol. The first-order chi connectivity index (χ1) is 11.6. The van der Waals surface area contributed by atoms with Crippen LogP contribution in [0.15, 0.2) is 4.99 Å². The molecule has 0 aromatic heterocycles. The monoisotopic (exact) mass is 464 g/mol. The highest BCUT2D eigenvalue weighted by molar-refractivity contribution is 14.0. The summed E-state index contributed by atoms with van der Waals surface area (Å²) < 4.78 is 5.50. The summed E-state index contributed by atoms with van der Waals surface area (Å²) in [5.74, 6) is 2.93. The van der Waals surface area contributed by atoms with E-state index < -0.39 is 0 Å². The smallest absolute Gasteiger partial charge is 0.193 e. The van der Waals surface area contributed by atoms with E-state index in [0.717, 1.165) is 57.2 Å². The van der Waals surface area contributed by atoms with Gasteiger partial charge in [-0.15, -0.1) is 24.0 Å². The summed E-state index contributed by atoms with van der Waals surface area (Å²) >= 11 is 0. The van der Waals surface area contributed by atoms with Crippen LogP contribution in [0.3, 0.4) is 0 Å². The van der Waals surface area contributed by atoms with Gasteiger partial charge in [0.1, 0.15) is 0 Å². The molecule has 2 aliphatic heterocycles. The number of aliphatic imine (C=N–C) groups is 1. The maximum Gasteiger partial charge on any atom is 0.193 e. The topological polar surface area (TPSA) is 40.1 Å². The molecule has 6 heteroatoms. The molecule has 0 bridgehead atoms. The lowest BCUT2D eigenvalue weighted by Gasteiger charge is -2.40. The Balaban J connectivity index is 0.00000225. The molecule has 1 N–H and O–H groups in total. The Hall–Kier alpha value is -0.0800. The fourth-order valence-corrected chi connectivity index (χ4v) is 4.54. The standard InChI is InChI=1S/C19H36N4O.HI/c1-4-20-18(22-13-16-7-5-6-8-17(16)14-22)21-15-19(2,3)23-9-11-24-12-10-23;/h16-17H,4-15H2,1-3H3,(H,20,21);1H. The van der Waals surface area contributed by atoms with Crippen molar-refractivity contribution in [2.45, 2.75) is 52.0 Å². The summed E-state index contributed by atoms with van der Waals surface area (Å²) in [4.78, 5) is 10.1. The maximum absolute atomic E-state index is 5.50. The fourth-order valence-electron chi connectivity index (χ4n) is 4.54. The second-order valence-electron chi connectivity index (χ2n) is 8.29. The van der Waals surface area contributed by atoms with Gasteiger partial charge >= 0.3 is 0 Å². The van der Waals surface area contributed by atoms with Crippen molar-refractivity contribution in [2.75, 3.05) is 52.5 Å². The molecule has 3 aliphatic rings. The molecule has 0 amide bonds. The molecule has 25 heavy (non-hydrogen) atoms. The van der Waals surface area contributed by atoms with Gasteiger partial charge in [0.05, 0.1) is 19.8 Å². The molecule has 2 heterocycles. The van der Waals surface area contributed by atoms with Crippen molar-refractivity contribution in [1.29, 1.82) is 0 Å². The van der Waals surface area contributed by atoms with Crippen molar-refractivity contribution in [3.63, 3.8) is 0 Å².